The lowest BCUT2D eigenvalue weighted by molar-refractivity contribution is -0.138. The molecule has 0 unspecified atom stereocenters. The van der Waals surface area contributed by atoms with E-state index in [4.69, 9.17) is 21.7 Å². The van der Waals surface area contributed by atoms with Crippen LogP contribution in [0.25, 0.3) is 0 Å². The quantitative estimate of drug-likeness (QED) is 0.261. The predicted octanol–water partition coefficient (Wildman–Crippen LogP) is -0.808. The van der Waals surface area contributed by atoms with Crippen LogP contribution in [0, 0.1) is 0 Å². The van der Waals surface area contributed by atoms with Crippen LogP contribution in [-0.2, 0) is 9.59 Å². The molecule has 0 amide bonds. The van der Waals surface area contributed by atoms with E-state index >= 15 is 0 Å². The molecule has 0 radical (unpaired) electrons. The fraction of sp³-hybridized carbons (Fsp3) is 0.667. The molecule has 6 N–H and O–H groups in total. The monoisotopic (exact) mass is 246 g/mol. The number of aliphatic carboxylic acids is 2. The second kappa shape index (κ2) is 6.93. The van der Waals surface area contributed by atoms with Crippen LogP contribution in [0.1, 0.15) is 0 Å². The molecular weight excluding hydrogens is 234 g/mol. The summed E-state index contributed by atoms with van der Waals surface area (Å²) in [5.74, 6) is -1.68. The molecule has 0 saturated carbocycles. The third-order valence-corrected chi connectivity index (χ3v) is 3.69. The standard InChI is InChI=1S/C6H12N2O4S2/c7-3(5(9)10)1-13-14-2-4(8)6(11)12/h3-4H,1-2,7-8H2,(H,9,10)(H,11,12)/t3-,4-/m0/s1/i1+1,2+1,3+1,4+1,5+1,6+1. The highest BCUT2D eigenvalue weighted by molar-refractivity contribution is 8.76. The van der Waals surface area contributed by atoms with Gasteiger partial charge < -0.3 is 21.7 Å². The molecule has 0 fully saturated rings. The Morgan fingerprint density at radius 3 is 1.50 bits per heavy atom. The van der Waals surface area contributed by atoms with Gasteiger partial charge in [-0.3, -0.25) is 9.59 Å². The molecule has 0 aliphatic carbocycles. The molecule has 0 bridgehead atoms. The molecule has 2 atom stereocenters. The summed E-state index contributed by atoms with van der Waals surface area (Å²) in [6, 6.07) is -1.85. The average molecular weight is 246 g/mol. The fourth-order valence-corrected chi connectivity index (χ4v) is 2.61. The molecule has 0 aromatic rings. The minimum Gasteiger partial charge on any atom is -0.480 e. The Labute approximate surface area is 88.8 Å². The van der Waals surface area contributed by atoms with Crippen molar-refractivity contribution in [2.45, 2.75) is 12.1 Å². The molecule has 14 heavy (non-hydrogen) atoms. The zero-order chi connectivity index (χ0) is 11.1. The molecular formula is C6H12N2O4S2. The van der Waals surface area contributed by atoms with Crippen molar-refractivity contribution in [3.05, 3.63) is 0 Å². The summed E-state index contributed by atoms with van der Waals surface area (Å²) in [7, 11) is 2.41. The van der Waals surface area contributed by atoms with Crippen LogP contribution in [-0.4, -0.2) is 45.7 Å². The maximum absolute atomic E-state index is 10.3. The van der Waals surface area contributed by atoms with Gasteiger partial charge in [-0.15, -0.1) is 0 Å². The van der Waals surface area contributed by atoms with Crippen LogP contribution in [0.2, 0.25) is 0 Å². The van der Waals surface area contributed by atoms with Crippen LogP contribution < -0.4 is 11.5 Å². The van der Waals surface area contributed by atoms with Crippen molar-refractivity contribution in [2.24, 2.45) is 11.5 Å². The van der Waals surface area contributed by atoms with Crippen molar-refractivity contribution >= 4 is 33.5 Å². The SMILES string of the molecule is N[13C@@H]([13CH2]SS[13CH2][13C@H](N)[13C](=O)O)[13C](=O)O. The van der Waals surface area contributed by atoms with Gasteiger partial charge in [-0.05, 0) is 0 Å². The summed E-state index contributed by atoms with van der Waals surface area (Å²) in [5, 5.41) is 16.8. The van der Waals surface area contributed by atoms with Crippen molar-refractivity contribution in [3.8, 4) is 0 Å². The van der Waals surface area contributed by atoms with Crippen LogP contribution in [0.3, 0.4) is 0 Å². The summed E-state index contributed by atoms with van der Waals surface area (Å²) in [6.07, 6.45) is 0. The molecule has 6 nitrogen and oxygen atoms in total. The molecule has 0 saturated heterocycles. The van der Waals surface area contributed by atoms with Gasteiger partial charge in [0.15, 0.2) is 0 Å². The van der Waals surface area contributed by atoms with Crippen LogP contribution in [0.4, 0.5) is 0 Å². The Morgan fingerprint density at radius 2 is 1.29 bits per heavy atom. The van der Waals surface area contributed by atoms with E-state index in [1.54, 1.807) is 0 Å². The van der Waals surface area contributed by atoms with Crippen LogP contribution in [0.15, 0.2) is 0 Å². The molecule has 0 aromatic carbocycles. The van der Waals surface area contributed by atoms with Gasteiger partial charge in [-0.1, -0.05) is 21.6 Å². The lowest BCUT2D eigenvalue weighted by Crippen LogP contribution is -2.33. The molecule has 0 rings (SSSR count). The first-order valence-electron chi connectivity index (χ1n) is 3.66. The lowest BCUT2D eigenvalue weighted by atomic mass is 11.3. The summed E-state index contributed by atoms with van der Waals surface area (Å²) in [5.41, 5.74) is 10.4. The number of hydrogen-bond acceptors (Lipinski definition) is 6. The number of carboxylic acid groups (broad SMARTS) is 2. The fourth-order valence-electron chi connectivity index (χ4n) is 0.385. The number of rotatable bonds is 7. The maximum Gasteiger partial charge on any atom is 0.321 e. The summed E-state index contributed by atoms with van der Waals surface area (Å²) >= 11 is 0. The summed E-state index contributed by atoms with van der Waals surface area (Å²) < 4.78 is 0. The molecule has 0 aliphatic heterocycles. The maximum atomic E-state index is 10.3. The van der Waals surface area contributed by atoms with E-state index in [9.17, 15) is 9.59 Å². The van der Waals surface area contributed by atoms with Crippen molar-refractivity contribution in [2.75, 3.05) is 11.5 Å². The van der Waals surface area contributed by atoms with Gasteiger partial charge in [-0.2, -0.15) is 0 Å². The van der Waals surface area contributed by atoms with E-state index in [2.05, 4.69) is 0 Å². The van der Waals surface area contributed by atoms with Gasteiger partial charge in [0.25, 0.3) is 0 Å². The van der Waals surface area contributed by atoms with Gasteiger partial charge >= 0.3 is 11.9 Å². The molecule has 0 spiro atoms. The largest absolute Gasteiger partial charge is 0.480 e. The second-order valence-corrected chi connectivity index (χ2v) is 5.01. The van der Waals surface area contributed by atoms with Crippen LogP contribution in [0.5, 0.6) is 0 Å². The molecule has 0 aliphatic rings. The topological polar surface area (TPSA) is 127 Å². The summed E-state index contributed by atoms with van der Waals surface area (Å²) in [6.45, 7) is 0. The minimum atomic E-state index is -1.07. The first-order chi connectivity index (χ1) is 6.45. The van der Waals surface area contributed by atoms with Gasteiger partial charge in [0.2, 0.25) is 0 Å². The minimum absolute atomic E-state index is 0.229. The summed E-state index contributed by atoms with van der Waals surface area (Å²) in [4.78, 5) is 20.5. The first kappa shape index (κ1) is 13.6. The Kier molecular flexibility index (Phi) is 6.71. The van der Waals surface area contributed by atoms with E-state index in [0.29, 0.717) is 0 Å². The Bertz CT molecular complexity index is 192. The smallest absolute Gasteiger partial charge is 0.321 e. The van der Waals surface area contributed by atoms with E-state index in [1.807, 2.05) is 0 Å². The Morgan fingerprint density at radius 1 is 1.00 bits per heavy atom. The Hall–Kier alpha value is -0.440. The zero-order valence-corrected chi connectivity index (χ0v) is 8.88. The highest BCUT2D eigenvalue weighted by Gasteiger charge is 2.14. The predicted molar refractivity (Wildman–Crippen MR) is 56.1 cm³/mol. The van der Waals surface area contributed by atoms with Crippen molar-refractivity contribution in [3.63, 3.8) is 0 Å². The van der Waals surface area contributed by atoms with E-state index < -0.39 is 24.0 Å². The third kappa shape index (κ3) is 6.08. The van der Waals surface area contributed by atoms with Crippen LogP contribution >= 0.6 is 21.6 Å². The van der Waals surface area contributed by atoms with E-state index in [0.717, 1.165) is 0 Å². The highest BCUT2D eigenvalue weighted by atomic mass is 33.1. The van der Waals surface area contributed by atoms with E-state index in [-0.39, 0.29) is 11.5 Å². The molecule has 82 valence electrons. The second-order valence-electron chi connectivity index (χ2n) is 2.46. The average Bonchev–Trinajstić information content (AvgIpc) is 2.11. The third-order valence-electron chi connectivity index (χ3n) is 1.21. The Balaban J connectivity index is 3.47. The van der Waals surface area contributed by atoms with Gasteiger partial charge in [0, 0.05) is 11.5 Å². The number of nitrogens with two attached hydrogens (primary N) is 2. The molecule has 8 heteroatoms. The van der Waals surface area contributed by atoms with Gasteiger partial charge in [0.1, 0.15) is 12.1 Å². The molecule has 0 aromatic heterocycles. The highest BCUT2D eigenvalue weighted by Crippen LogP contribution is 2.22. The number of carbonyl (C=O) groups is 2. The molecule has 0 heterocycles. The number of hydrogen-bond donors (Lipinski definition) is 4. The normalized spacial score (nSPS) is 14.7. The zero-order valence-electron chi connectivity index (χ0n) is 7.25. The van der Waals surface area contributed by atoms with Crippen molar-refractivity contribution in [1.82, 2.24) is 0 Å². The van der Waals surface area contributed by atoms with E-state index in [1.165, 1.54) is 21.6 Å². The number of carboxylic acids is 2. The van der Waals surface area contributed by atoms with Crippen molar-refractivity contribution in [1.29, 1.82) is 0 Å². The van der Waals surface area contributed by atoms with Crippen molar-refractivity contribution < 1.29 is 19.8 Å². The van der Waals surface area contributed by atoms with Gasteiger partial charge in [0.05, 0.1) is 0 Å². The lowest BCUT2D eigenvalue weighted by Gasteiger charge is -2.07. The first-order valence-corrected chi connectivity index (χ1v) is 6.15. The van der Waals surface area contributed by atoms with Gasteiger partial charge in [-0.25, -0.2) is 0 Å².